The van der Waals surface area contributed by atoms with Crippen LogP contribution < -0.4 is 5.32 Å². The summed E-state index contributed by atoms with van der Waals surface area (Å²) in [6.45, 7) is 4.09. The number of rotatable bonds is 3. The quantitative estimate of drug-likeness (QED) is 0.777. The zero-order valence-corrected chi connectivity index (χ0v) is 12.8. The second-order valence-electron chi connectivity index (χ2n) is 4.90. The fourth-order valence-electron chi connectivity index (χ4n) is 2.34. The molecule has 21 heavy (non-hydrogen) atoms. The fourth-order valence-corrected chi connectivity index (χ4v) is 3.20. The van der Waals surface area contributed by atoms with Crippen LogP contribution in [0.15, 0.2) is 42.5 Å². The van der Waals surface area contributed by atoms with Crippen LogP contribution in [0, 0.1) is 6.92 Å². The predicted molar refractivity (Wildman–Crippen MR) is 88.1 cm³/mol. The molecule has 0 atom stereocenters. The van der Waals surface area contributed by atoms with E-state index in [4.69, 9.17) is 0 Å². The Hall–Kier alpha value is -2.20. The lowest BCUT2D eigenvalue weighted by molar-refractivity contribution is 0.102. The van der Waals surface area contributed by atoms with Gasteiger partial charge < -0.3 is 5.32 Å². The first kappa shape index (κ1) is 13.8. The van der Waals surface area contributed by atoms with Gasteiger partial charge in [0.2, 0.25) is 0 Å². The van der Waals surface area contributed by atoms with Crippen LogP contribution in [0.4, 0.5) is 5.69 Å². The van der Waals surface area contributed by atoms with Crippen LogP contribution in [0.25, 0.3) is 10.2 Å². The number of carbonyl (C=O) groups is 1. The third-order valence-corrected chi connectivity index (χ3v) is 4.50. The summed E-state index contributed by atoms with van der Waals surface area (Å²) in [5.41, 5.74) is 3.99. The maximum atomic E-state index is 12.4. The summed E-state index contributed by atoms with van der Waals surface area (Å²) in [7, 11) is 0. The molecule has 1 heterocycles. The molecule has 3 aromatic rings. The van der Waals surface area contributed by atoms with Crippen molar-refractivity contribution in [2.45, 2.75) is 20.3 Å². The van der Waals surface area contributed by atoms with E-state index in [-0.39, 0.29) is 5.91 Å². The van der Waals surface area contributed by atoms with Gasteiger partial charge in [-0.25, -0.2) is 4.98 Å². The second-order valence-corrected chi connectivity index (χ2v) is 5.93. The average Bonchev–Trinajstić information content (AvgIpc) is 2.93. The van der Waals surface area contributed by atoms with E-state index in [1.165, 1.54) is 11.3 Å². The number of thiazole rings is 1. The van der Waals surface area contributed by atoms with Crippen molar-refractivity contribution in [3.05, 3.63) is 58.6 Å². The van der Waals surface area contributed by atoms with Crippen LogP contribution >= 0.6 is 11.3 Å². The molecule has 0 fully saturated rings. The number of hydrogen-bond donors (Lipinski definition) is 1. The van der Waals surface area contributed by atoms with Gasteiger partial charge in [0.25, 0.3) is 5.91 Å². The minimum Gasteiger partial charge on any atom is -0.319 e. The Labute approximate surface area is 127 Å². The lowest BCUT2D eigenvalue weighted by Gasteiger charge is -2.11. The molecule has 2 aromatic carbocycles. The Morgan fingerprint density at radius 3 is 2.76 bits per heavy atom. The molecule has 0 saturated heterocycles. The topological polar surface area (TPSA) is 42.0 Å². The Morgan fingerprint density at radius 2 is 2.00 bits per heavy atom. The molecule has 0 unspecified atom stereocenters. The molecule has 1 amide bonds. The van der Waals surface area contributed by atoms with Gasteiger partial charge >= 0.3 is 0 Å². The minimum atomic E-state index is -0.139. The molecule has 106 valence electrons. The van der Waals surface area contributed by atoms with E-state index in [1.54, 1.807) is 0 Å². The molecule has 1 N–H and O–H groups in total. The van der Waals surface area contributed by atoms with E-state index < -0.39 is 0 Å². The third kappa shape index (κ3) is 2.67. The number of hydrogen-bond acceptors (Lipinski definition) is 3. The molecule has 0 spiro atoms. The van der Waals surface area contributed by atoms with Crippen molar-refractivity contribution in [2.75, 3.05) is 5.32 Å². The highest BCUT2D eigenvalue weighted by Gasteiger charge is 2.14. The van der Waals surface area contributed by atoms with E-state index in [9.17, 15) is 4.79 Å². The van der Waals surface area contributed by atoms with Crippen molar-refractivity contribution in [1.29, 1.82) is 0 Å². The summed E-state index contributed by atoms with van der Waals surface area (Å²) < 4.78 is 1.03. The third-order valence-electron chi connectivity index (χ3n) is 3.47. The van der Waals surface area contributed by atoms with Gasteiger partial charge in [-0.1, -0.05) is 37.3 Å². The van der Waals surface area contributed by atoms with E-state index >= 15 is 0 Å². The first-order valence-electron chi connectivity index (χ1n) is 6.94. The van der Waals surface area contributed by atoms with Gasteiger partial charge in [0, 0.05) is 5.69 Å². The lowest BCUT2D eigenvalue weighted by atomic mass is 10.1. The molecule has 0 bridgehead atoms. The standard InChI is InChI=1S/C17H16N2OS/c1-3-12-8-6-7-11(2)15(12)19-16(20)17-18-13-9-4-5-10-14(13)21-17/h4-10H,3H2,1-2H3,(H,19,20). The van der Waals surface area contributed by atoms with Crippen molar-refractivity contribution in [3.8, 4) is 0 Å². The highest BCUT2D eigenvalue weighted by Crippen LogP contribution is 2.25. The van der Waals surface area contributed by atoms with Gasteiger partial charge in [-0.15, -0.1) is 11.3 Å². The summed E-state index contributed by atoms with van der Waals surface area (Å²) in [5, 5.41) is 3.52. The van der Waals surface area contributed by atoms with Crippen molar-refractivity contribution in [3.63, 3.8) is 0 Å². The smallest absolute Gasteiger partial charge is 0.284 e. The minimum absolute atomic E-state index is 0.139. The first-order valence-corrected chi connectivity index (χ1v) is 7.76. The summed E-state index contributed by atoms with van der Waals surface area (Å²) in [6, 6.07) is 13.9. The monoisotopic (exact) mass is 296 g/mol. The molecule has 3 rings (SSSR count). The summed E-state index contributed by atoms with van der Waals surface area (Å²) >= 11 is 1.42. The maximum Gasteiger partial charge on any atom is 0.284 e. The van der Waals surface area contributed by atoms with Crippen LogP contribution in [0.5, 0.6) is 0 Å². The number of benzene rings is 2. The highest BCUT2D eigenvalue weighted by molar-refractivity contribution is 7.20. The van der Waals surface area contributed by atoms with Crippen LogP contribution in [0.2, 0.25) is 0 Å². The van der Waals surface area contributed by atoms with Crippen LogP contribution in [-0.2, 0) is 6.42 Å². The number of aromatic nitrogens is 1. The molecule has 1 aromatic heterocycles. The summed E-state index contributed by atoms with van der Waals surface area (Å²) in [5.74, 6) is -0.139. The van der Waals surface area contributed by atoms with Gasteiger partial charge in [0.1, 0.15) is 0 Å². The Balaban J connectivity index is 1.93. The number of fused-ring (bicyclic) bond motifs is 1. The Morgan fingerprint density at radius 1 is 1.19 bits per heavy atom. The van der Waals surface area contributed by atoms with Gasteiger partial charge in [0.05, 0.1) is 10.2 Å². The maximum absolute atomic E-state index is 12.4. The molecule has 0 aliphatic heterocycles. The van der Waals surface area contributed by atoms with Crippen LogP contribution in [0.1, 0.15) is 27.9 Å². The molecule has 0 radical (unpaired) electrons. The number of para-hydroxylation sites is 2. The fraction of sp³-hybridized carbons (Fsp3) is 0.176. The van der Waals surface area contributed by atoms with Gasteiger partial charge in [-0.2, -0.15) is 0 Å². The van der Waals surface area contributed by atoms with Gasteiger partial charge in [0.15, 0.2) is 5.01 Å². The number of carbonyl (C=O) groups excluding carboxylic acids is 1. The highest BCUT2D eigenvalue weighted by atomic mass is 32.1. The number of amides is 1. The summed E-state index contributed by atoms with van der Waals surface area (Å²) in [6.07, 6.45) is 0.886. The molecule has 4 heteroatoms. The normalized spacial score (nSPS) is 10.8. The molecule has 3 nitrogen and oxygen atoms in total. The number of anilines is 1. The molecular formula is C17H16N2OS. The Bertz CT molecular complexity index is 774. The van der Waals surface area contributed by atoms with Crippen molar-refractivity contribution < 1.29 is 4.79 Å². The van der Waals surface area contributed by atoms with Crippen molar-refractivity contribution in [1.82, 2.24) is 4.98 Å². The SMILES string of the molecule is CCc1cccc(C)c1NC(=O)c1nc2ccccc2s1. The van der Waals surface area contributed by atoms with Crippen LogP contribution in [0.3, 0.4) is 0 Å². The molecule has 0 aliphatic carbocycles. The number of nitrogens with zero attached hydrogens (tertiary/aromatic N) is 1. The molecule has 0 aliphatic rings. The van der Waals surface area contributed by atoms with Gasteiger partial charge in [-0.05, 0) is 36.6 Å². The van der Waals surface area contributed by atoms with E-state index in [0.717, 1.165) is 33.5 Å². The van der Waals surface area contributed by atoms with E-state index in [2.05, 4.69) is 17.2 Å². The Kier molecular flexibility index (Phi) is 3.71. The first-order chi connectivity index (χ1) is 10.2. The molecule has 0 saturated carbocycles. The number of nitrogens with one attached hydrogen (secondary N) is 1. The van der Waals surface area contributed by atoms with Crippen LogP contribution in [-0.4, -0.2) is 10.9 Å². The molecular weight excluding hydrogens is 280 g/mol. The zero-order valence-electron chi connectivity index (χ0n) is 12.0. The lowest BCUT2D eigenvalue weighted by Crippen LogP contribution is -2.14. The average molecular weight is 296 g/mol. The van der Waals surface area contributed by atoms with E-state index in [0.29, 0.717) is 5.01 Å². The zero-order chi connectivity index (χ0) is 14.8. The van der Waals surface area contributed by atoms with E-state index in [1.807, 2.05) is 49.4 Å². The van der Waals surface area contributed by atoms with Crippen molar-refractivity contribution in [2.24, 2.45) is 0 Å². The predicted octanol–water partition coefficient (Wildman–Crippen LogP) is 4.42. The summed E-state index contributed by atoms with van der Waals surface area (Å²) in [4.78, 5) is 16.8. The van der Waals surface area contributed by atoms with Crippen molar-refractivity contribution >= 4 is 33.1 Å². The largest absolute Gasteiger partial charge is 0.319 e. The van der Waals surface area contributed by atoms with Gasteiger partial charge in [-0.3, -0.25) is 4.79 Å². The second kappa shape index (κ2) is 5.66. The number of aryl methyl sites for hydroxylation is 2.